The lowest BCUT2D eigenvalue weighted by molar-refractivity contribution is 0.456. The van der Waals surface area contributed by atoms with E-state index in [1.807, 2.05) is 0 Å². The molecule has 0 aliphatic carbocycles. The fraction of sp³-hybridized carbons (Fsp3) is 0. The molecule has 59 valence electrons. The highest BCUT2D eigenvalue weighted by atomic mass is 16.5. The smallest absolute Gasteiger partial charge is 0.314 e. The number of fused-ring (bicyclic) bond motifs is 1. The molecule has 0 unspecified atom stereocenters. The van der Waals surface area contributed by atoms with E-state index < -0.39 is 0 Å². The Hall–Kier alpha value is -1.84. The van der Waals surface area contributed by atoms with Crippen LogP contribution in [0.25, 0.3) is 11.0 Å². The molecule has 1 heterocycles. The van der Waals surface area contributed by atoms with Gasteiger partial charge < -0.3 is 9.84 Å². The normalized spacial score (nSPS) is 10.0. The summed E-state index contributed by atoms with van der Waals surface area (Å²) in [4.78, 5) is 10.1. The monoisotopic (exact) mass is 161 g/mol. The third-order valence-corrected chi connectivity index (χ3v) is 1.58. The number of rotatable bonds is 2. The van der Waals surface area contributed by atoms with Gasteiger partial charge in [0.25, 0.3) is 0 Å². The van der Waals surface area contributed by atoms with Crippen LogP contribution in [0.3, 0.4) is 0 Å². The van der Waals surface area contributed by atoms with Crippen molar-refractivity contribution in [2.75, 3.05) is 5.32 Å². The van der Waals surface area contributed by atoms with Crippen LogP contribution in [0.1, 0.15) is 0 Å². The second kappa shape index (κ2) is 2.65. The topological polar surface area (TPSA) is 55.1 Å². The fourth-order valence-corrected chi connectivity index (χ4v) is 1.06. The minimum atomic E-state index is 0.648. The number of nitrogens with one attached hydrogen (secondary N) is 1. The van der Waals surface area contributed by atoms with Crippen LogP contribution < -0.4 is 5.32 Å². The number of anilines is 1. The summed E-state index contributed by atoms with van der Waals surface area (Å²) in [6, 6.07) is 5.30. The highest BCUT2D eigenvalue weighted by Gasteiger charge is 2.02. The van der Waals surface area contributed by atoms with Crippen LogP contribution >= 0.6 is 0 Å². The van der Waals surface area contributed by atoms with Crippen molar-refractivity contribution in [1.82, 2.24) is 5.16 Å². The fourth-order valence-electron chi connectivity index (χ4n) is 1.06. The lowest BCUT2D eigenvalue weighted by Crippen LogP contribution is -1.92. The minimum absolute atomic E-state index is 0.648. The molecule has 0 bridgehead atoms. The Morgan fingerprint density at radius 3 is 3.25 bits per heavy atom. The highest BCUT2D eigenvalue weighted by molar-refractivity contribution is 5.94. The molecule has 1 aromatic heterocycles. The Bertz CT molecular complexity index is 408. The van der Waals surface area contributed by atoms with E-state index >= 15 is 0 Å². The third kappa shape index (κ3) is 0.934. The van der Waals surface area contributed by atoms with Gasteiger partial charge in [-0.1, -0.05) is 11.2 Å². The molecule has 0 aliphatic rings. The van der Waals surface area contributed by atoms with E-state index in [0.29, 0.717) is 11.3 Å². The number of hydrogen-bond donors (Lipinski definition) is 1. The predicted molar refractivity (Wildman–Crippen MR) is 43.3 cm³/mol. The third-order valence-electron chi connectivity index (χ3n) is 1.58. The molecule has 0 atom stereocenters. The van der Waals surface area contributed by atoms with Crippen LogP contribution in [-0.4, -0.2) is 11.6 Å². The SMILES string of the molecule is O=[C]Nc1cccc2oncc12. The van der Waals surface area contributed by atoms with E-state index in [1.165, 1.54) is 0 Å². The number of hydrogen-bond acceptors (Lipinski definition) is 3. The van der Waals surface area contributed by atoms with E-state index in [1.54, 1.807) is 30.8 Å². The van der Waals surface area contributed by atoms with E-state index in [2.05, 4.69) is 10.5 Å². The van der Waals surface area contributed by atoms with Crippen molar-refractivity contribution in [2.24, 2.45) is 0 Å². The summed E-state index contributed by atoms with van der Waals surface area (Å²) in [6.07, 6.45) is 3.15. The van der Waals surface area contributed by atoms with Gasteiger partial charge in [0.1, 0.15) is 0 Å². The first-order valence-corrected chi connectivity index (χ1v) is 3.38. The summed E-state index contributed by atoms with van der Waals surface area (Å²) < 4.78 is 4.89. The standard InChI is InChI=1S/C8H5N2O2/c11-5-9-7-2-1-3-8-6(7)4-10-12-8/h1-4H,(H,9,11). The highest BCUT2D eigenvalue weighted by Crippen LogP contribution is 2.21. The van der Waals surface area contributed by atoms with Gasteiger partial charge in [-0.05, 0) is 12.1 Å². The molecular formula is C8H5N2O2. The molecule has 12 heavy (non-hydrogen) atoms. The van der Waals surface area contributed by atoms with Crippen molar-refractivity contribution in [2.45, 2.75) is 0 Å². The van der Waals surface area contributed by atoms with Gasteiger partial charge in [-0.25, -0.2) is 0 Å². The molecule has 0 saturated heterocycles. The predicted octanol–water partition coefficient (Wildman–Crippen LogP) is 1.31. The van der Waals surface area contributed by atoms with E-state index in [4.69, 9.17) is 4.52 Å². The molecule has 2 rings (SSSR count). The van der Waals surface area contributed by atoms with Crippen LogP contribution in [0.5, 0.6) is 0 Å². The second-order valence-electron chi connectivity index (χ2n) is 2.27. The molecule has 4 heteroatoms. The number of aromatic nitrogens is 1. The zero-order valence-corrected chi connectivity index (χ0v) is 6.07. The van der Waals surface area contributed by atoms with Gasteiger partial charge in [0, 0.05) is 0 Å². The minimum Gasteiger partial charge on any atom is -0.356 e. The Labute approximate surface area is 68.2 Å². The Kier molecular flexibility index (Phi) is 1.51. The maximum atomic E-state index is 10.1. The van der Waals surface area contributed by atoms with Crippen molar-refractivity contribution < 1.29 is 9.32 Å². The van der Waals surface area contributed by atoms with Crippen molar-refractivity contribution in [1.29, 1.82) is 0 Å². The summed E-state index contributed by atoms with van der Waals surface area (Å²) in [6.45, 7) is 0. The molecule has 2 aromatic rings. The maximum Gasteiger partial charge on any atom is 0.314 e. The molecule has 0 saturated carbocycles. The van der Waals surface area contributed by atoms with Crippen LogP contribution in [0.4, 0.5) is 5.69 Å². The average molecular weight is 161 g/mol. The van der Waals surface area contributed by atoms with Crippen molar-refractivity contribution >= 4 is 23.1 Å². The van der Waals surface area contributed by atoms with Crippen molar-refractivity contribution in [3.05, 3.63) is 24.4 Å². The van der Waals surface area contributed by atoms with Crippen LogP contribution in [0.15, 0.2) is 28.9 Å². The van der Waals surface area contributed by atoms with Gasteiger partial charge in [-0.15, -0.1) is 0 Å². The Morgan fingerprint density at radius 1 is 1.50 bits per heavy atom. The van der Waals surface area contributed by atoms with Gasteiger partial charge in [0.05, 0.1) is 17.3 Å². The second-order valence-corrected chi connectivity index (χ2v) is 2.27. The first-order valence-electron chi connectivity index (χ1n) is 3.38. The lowest BCUT2D eigenvalue weighted by atomic mass is 10.2. The van der Waals surface area contributed by atoms with E-state index in [0.717, 1.165) is 5.39 Å². The molecule has 0 aliphatic heterocycles. The molecule has 0 fully saturated rings. The average Bonchev–Trinajstić information content (AvgIpc) is 2.53. The Balaban J connectivity index is 2.65. The largest absolute Gasteiger partial charge is 0.356 e. The number of benzene rings is 1. The quantitative estimate of drug-likeness (QED) is 0.675. The lowest BCUT2D eigenvalue weighted by Gasteiger charge is -1.95. The van der Waals surface area contributed by atoms with Gasteiger partial charge >= 0.3 is 6.41 Å². The number of nitrogens with zero attached hydrogens (tertiary/aromatic N) is 1. The zero-order chi connectivity index (χ0) is 8.39. The molecule has 0 spiro atoms. The van der Waals surface area contributed by atoms with E-state index in [-0.39, 0.29) is 0 Å². The zero-order valence-electron chi connectivity index (χ0n) is 6.07. The van der Waals surface area contributed by atoms with Crippen LogP contribution in [0.2, 0.25) is 0 Å². The first-order chi connectivity index (χ1) is 5.92. The van der Waals surface area contributed by atoms with Gasteiger partial charge in [0.15, 0.2) is 5.58 Å². The van der Waals surface area contributed by atoms with Gasteiger partial charge in [-0.3, -0.25) is 4.79 Å². The van der Waals surface area contributed by atoms with Crippen molar-refractivity contribution in [3.63, 3.8) is 0 Å². The van der Waals surface area contributed by atoms with Gasteiger partial charge in [0.2, 0.25) is 0 Å². The molecule has 4 nitrogen and oxygen atoms in total. The molecule has 1 N–H and O–H groups in total. The summed E-state index contributed by atoms with van der Waals surface area (Å²) in [5, 5.41) is 6.81. The summed E-state index contributed by atoms with van der Waals surface area (Å²) in [5.74, 6) is 0. The molecule has 1 radical (unpaired) electrons. The Morgan fingerprint density at radius 2 is 2.42 bits per heavy atom. The van der Waals surface area contributed by atoms with Gasteiger partial charge in [-0.2, -0.15) is 0 Å². The molecular weight excluding hydrogens is 156 g/mol. The van der Waals surface area contributed by atoms with Crippen molar-refractivity contribution in [3.8, 4) is 0 Å². The molecule has 1 amide bonds. The summed E-state index contributed by atoms with van der Waals surface area (Å²) in [7, 11) is 0. The number of amides is 1. The molecule has 1 aromatic carbocycles. The first kappa shape index (κ1) is 6.84. The maximum absolute atomic E-state index is 10.1. The number of carbonyl (C=O) groups excluding carboxylic acids is 1. The van der Waals surface area contributed by atoms with Crippen LogP contribution in [0, 0.1) is 0 Å². The van der Waals surface area contributed by atoms with Crippen LogP contribution in [-0.2, 0) is 4.79 Å². The summed E-state index contributed by atoms with van der Waals surface area (Å²) >= 11 is 0. The summed E-state index contributed by atoms with van der Waals surface area (Å²) in [5.41, 5.74) is 1.30. The van der Waals surface area contributed by atoms with E-state index in [9.17, 15) is 4.79 Å².